The van der Waals surface area contributed by atoms with Crippen LogP contribution in [0.2, 0.25) is 0 Å². The number of hydrogen-bond donors (Lipinski definition) is 2. The minimum absolute atomic E-state index is 0.0870. The summed E-state index contributed by atoms with van der Waals surface area (Å²) in [7, 11) is 0. The Balaban J connectivity index is 1.25. The van der Waals surface area contributed by atoms with Crippen molar-refractivity contribution in [3.63, 3.8) is 0 Å². The van der Waals surface area contributed by atoms with E-state index in [4.69, 9.17) is 4.74 Å². The summed E-state index contributed by atoms with van der Waals surface area (Å²) in [5, 5.41) is 13.4. The maximum absolute atomic E-state index is 12.4. The fourth-order valence-electron chi connectivity index (χ4n) is 5.52. The van der Waals surface area contributed by atoms with Crippen molar-refractivity contribution in [3.8, 4) is 11.1 Å². The maximum atomic E-state index is 12.4. The molecule has 3 aliphatic rings. The van der Waals surface area contributed by atoms with Crippen molar-refractivity contribution in [2.45, 2.75) is 43.7 Å². The summed E-state index contributed by atoms with van der Waals surface area (Å²) in [6.45, 7) is 2.26. The number of hydrogen-bond acceptors (Lipinski definition) is 3. The highest BCUT2D eigenvalue weighted by molar-refractivity contribution is 5.79. The third kappa shape index (κ3) is 2.74. The van der Waals surface area contributed by atoms with Gasteiger partial charge in [0, 0.05) is 12.0 Å². The zero-order valence-corrected chi connectivity index (χ0v) is 15.5. The Kier molecular flexibility index (Phi) is 3.80. The van der Waals surface area contributed by atoms with E-state index in [-0.39, 0.29) is 18.1 Å². The van der Waals surface area contributed by atoms with Crippen LogP contribution in [0.1, 0.15) is 43.2 Å². The number of ether oxygens (including phenoxy) is 1. The first-order valence-corrected chi connectivity index (χ1v) is 9.87. The first-order chi connectivity index (χ1) is 13.0. The summed E-state index contributed by atoms with van der Waals surface area (Å²) in [6, 6.07) is 16.8. The summed E-state index contributed by atoms with van der Waals surface area (Å²) in [6.07, 6.45) is 2.28. The molecular formula is C23H25NO3. The zero-order chi connectivity index (χ0) is 18.6. The van der Waals surface area contributed by atoms with Crippen molar-refractivity contribution < 1.29 is 14.6 Å². The number of nitrogens with one attached hydrogen (secondary N) is 1. The average Bonchev–Trinajstić information content (AvgIpc) is 3.28. The van der Waals surface area contributed by atoms with Gasteiger partial charge in [-0.3, -0.25) is 0 Å². The molecular weight excluding hydrogens is 338 g/mol. The molecule has 0 saturated heterocycles. The summed E-state index contributed by atoms with van der Waals surface area (Å²) >= 11 is 0. The highest BCUT2D eigenvalue weighted by Crippen LogP contribution is 2.50. The van der Waals surface area contributed by atoms with Crippen LogP contribution in [0.4, 0.5) is 4.79 Å². The van der Waals surface area contributed by atoms with Crippen molar-refractivity contribution in [2.24, 2.45) is 11.8 Å². The first-order valence-electron chi connectivity index (χ1n) is 9.87. The van der Waals surface area contributed by atoms with E-state index in [0.717, 1.165) is 19.3 Å². The number of carbonyl (C=O) groups excluding carboxylic acids is 1. The molecule has 4 heteroatoms. The monoisotopic (exact) mass is 363 g/mol. The second-order valence-corrected chi connectivity index (χ2v) is 8.57. The molecule has 4 nitrogen and oxygen atoms in total. The van der Waals surface area contributed by atoms with Crippen LogP contribution < -0.4 is 5.32 Å². The van der Waals surface area contributed by atoms with Crippen LogP contribution in [0.15, 0.2) is 48.5 Å². The zero-order valence-electron chi connectivity index (χ0n) is 15.5. The predicted molar refractivity (Wildman–Crippen MR) is 103 cm³/mol. The summed E-state index contributed by atoms with van der Waals surface area (Å²) in [5.41, 5.74) is 4.35. The molecule has 0 unspecified atom stereocenters. The number of rotatable bonds is 3. The van der Waals surface area contributed by atoms with E-state index in [1.165, 1.54) is 22.3 Å². The maximum Gasteiger partial charge on any atom is 0.407 e. The molecule has 1 amide bonds. The second kappa shape index (κ2) is 6.10. The van der Waals surface area contributed by atoms with E-state index >= 15 is 0 Å². The molecule has 3 aliphatic carbocycles. The van der Waals surface area contributed by atoms with Gasteiger partial charge in [-0.05, 0) is 60.3 Å². The molecule has 2 saturated carbocycles. The topological polar surface area (TPSA) is 58.6 Å². The summed E-state index contributed by atoms with van der Waals surface area (Å²) in [5.74, 6) is 0.746. The number of aliphatic hydroxyl groups is 1. The van der Waals surface area contributed by atoms with Crippen LogP contribution in [-0.4, -0.2) is 29.4 Å². The molecule has 2 fully saturated rings. The second-order valence-electron chi connectivity index (χ2n) is 8.57. The molecule has 27 heavy (non-hydrogen) atoms. The highest BCUT2D eigenvalue weighted by atomic mass is 16.5. The number of carbonyl (C=O) groups is 1. The fraction of sp³-hybridized carbons (Fsp3) is 0.435. The standard InChI is InChI=1S/C23H25NO3/c1-23(26)12-14-10-15(23)11-21(14)24-22(25)27-13-20-18-8-4-2-6-16(18)17-7-3-5-9-19(17)20/h2-9,14-15,20-21,26H,10-13H2,1H3,(H,24,25)/t14-,15-,21-,23+/m0/s1. The number of fused-ring (bicyclic) bond motifs is 5. The van der Waals surface area contributed by atoms with Gasteiger partial charge in [-0.25, -0.2) is 4.79 Å². The number of amides is 1. The molecule has 2 N–H and O–H groups in total. The van der Waals surface area contributed by atoms with E-state index in [1.54, 1.807) is 0 Å². The van der Waals surface area contributed by atoms with Gasteiger partial charge in [0.15, 0.2) is 0 Å². The fourth-order valence-corrected chi connectivity index (χ4v) is 5.52. The Morgan fingerprint density at radius 1 is 1.11 bits per heavy atom. The molecule has 0 aliphatic heterocycles. The van der Waals surface area contributed by atoms with Gasteiger partial charge >= 0.3 is 6.09 Å². The molecule has 140 valence electrons. The number of benzene rings is 2. The molecule has 0 spiro atoms. The number of alkyl carbamates (subject to hydrolysis) is 1. The van der Waals surface area contributed by atoms with Crippen molar-refractivity contribution in [1.82, 2.24) is 5.32 Å². The largest absolute Gasteiger partial charge is 0.449 e. The lowest BCUT2D eigenvalue weighted by molar-refractivity contribution is -0.00168. The van der Waals surface area contributed by atoms with Crippen LogP contribution in [0, 0.1) is 11.8 Å². The molecule has 2 aromatic carbocycles. The van der Waals surface area contributed by atoms with Crippen LogP contribution in [-0.2, 0) is 4.74 Å². The first kappa shape index (κ1) is 16.8. The summed E-state index contributed by atoms with van der Waals surface area (Å²) < 4.78 is 5.65. The van der Waals surface area contributed by atoms with Crippen molar-refractivity contribution >= 4 is 6.09 Å². The summed E-state index contributed by atoms with van der Waals surface area (Å²) in [4.78, 5) is 12.4. The van der Waals surface area contributed by atoms with Crippen molar-refractivity contribution in [3.05, 3.63) is 59.7 Å². The normalized spacial score (nSPS) is 30.8. The molecule has 0 radical (unpaired) electrons. The molecule has 2 bridgehead atoms. The molecule has 5 rings (SSSR count). The lowest BCUT2D eigenvalue weighted by Gasteiger charge is -2.32. The van der Waals surface area contributed by atoms with E-state index < -0.39 is 5.60 Å². The van der Waals surface area contributed by atoms with Crippen LogP contribution in [0.25, 0.3) is 11.1 Å². The van der Waals surface area contributed by atoms with Gasteiger partial charge in [0.05, 0.1) is 5.60 Å². The van der Waals surface area contributed by atoms with Crippen molar-refractivity contribution in [2.75, 3.05) is 6.61 Å². The van der Waals surface area contributed by atoms with E-state index in [1.807, 2.05) is 19.1 Å². The van der Waals surface area contributed by atoms with Crippen LogP contribution >= 0.6 is 0 Å². The van der Waals surface area contributed by atoms with E-state index in [2.05, 4.69) is 41.7 Å². The quantitative estimate of drug-likeness (QED) is 0.864. The Bertz CT molecular complexity index is 845. The molecule has 4 atom stereocenters. The Morgan fingerprint density at radius 3 is 2.30 bits per heavy atom. The molecule has 2 aromatic rings. The predicted octanol–water partition coefficient (Wildman–Crippen LogP) is 4.07. The van der Waals surface area contributed by atoms with Gasteiger partial charge in [-0.1, -0.05) is 48.5 Å². The van der Waals surface area contributed by atoms with Gasteiger partial charge in [-0.15, -0.1) is 0 Å². The Hall–Kier alpha value is -2.33. The minimum atomic E-state index is -0.565. The van der Waals surface area contributed by atoms with Gasteiger partial charge < -0.3 is 15.2 Å². The average molecular weight is 363 g/mol. The van der Waals surface area contributed by atoms with Gasteiger partial charge in [-0.2, -0.15) is 0 Å². The van der Waals surface area contributed by atoms with Gasteiger partial charge in [0.1, 0.15) is 6.61 Å². The lowest BCUT2D eigenvalue weighted by Crippen LogP contribution is -2.44. The molecule has 0 heterocycles. The highest BCUT2D eigenvalue weighted by Gasteiger charge is 2.52. The van der Waals surface area contributed by atoms with E-state index in [9.17, 15) is 9.90 Å². The minimum Gasteiger partial charge on any atom is -0.449 e. The van der Waals surface area contributed by atoms with Crippen LogP contribution in [0.5, 0.6) is 0 Å². The smallest absolute Gasteiger partial charge is 0.407 e. The third-order valence-corrected chi connectivity index (χ3v) is 6.90. The Labute approximate surface area is 159 Å². The SMILES string of the molecule is C[C@@]1(O)C[C@@H]2C[C@H]1C[C@@H]2NC(=O)OCC1c2ccccc2-c2ccccc21. The van der Waals surface area contributed by atoms with Crippen molar-refractivity contribution in [1.29, 1.82) is 0 Å². The third-order valence-electron chi connectivity index (χ3n) is 6.90. The molecule has 0 aromatic heterocycles. The Morgan fingerprint density at radius 2 is 1.74 bits per heavy atom. The van der Waals surface area contributed by atoms with Gasteiger partial charge in [0.2, 0.25) is 0 Å². The van der Waals surface area contributed by atoms with E-state index in [0.29, 0.717) is 18.4 Å². The lowest BCUT2D eigenvalue weighted by atomic mass is 9.83. The van der Waals surface area contributed by atoms with Crippen LogP contribution in [0.3, 0.4) is 0 Å². The van der Waals surface area contributed by atoms with Gasteiger partial charge in [0.25, 0.3) is 0 Å².